The number of non-ortho nitro benzene ring substituents is 1. The molecule has 0 N–H and O–H groups in total. The molecule has 0 spiro atoms. The van der Waals surface area contributed by atoms with E-state index in [1.54, 1.807) is 0 Å². The van der Waals surface area contributed by atoms with Crippen LogP contribution < -0.4 is 0 Å². The van der Waals surface area contributed by atoms with E-state index in [1.807, 2.05) is 60.7 Å². The van der Waals surface area contributed by atoms with Crippen LogP contribution in [0.3, 0.4) is 0 Å². The van der Waals surface area contributed by atoms with Gasteiger partial charge in [-0.1, -0.05) is 72.5 Å². The standard InChI is InChI=1S/C25H21NO5/c27-25(31-19-21-11-5-2-6-12-21)24-15-14-23(26(28)29)17-22(24)13-7-8-16-30-18-20-9-3-1-4-10-20/h1-6,9-12,14-15,17H,8,16,18-19H2. The van der Waals surface area contributed by atoms with Crippen LogP contribution in [0, 0.1) is 22.0 Å². The molecule has 6 nitrogen and oxygen atoms in total. The van der Waals surface area contributed by atoms with Gasteiger partial charge in [-0.25, -0.2) is 4.79 Å². The van der Waals surface area contributed by atoms with Crippen molar-refractivity contribution in [3.8, 4) is 11.8 Å². The van der Waals surface area contributed by atoms with E-state index in [4.69, 9.17) is 9.47 Å². The molecule has 0 fully saturated rings. The van der Waals surface area contributed by atoms with Crippen LogP contribution in [0.4, 0.5) is 5.69 Å². The second kappa shape index (κ2) is 11.3. The fraction of sp³-hybridized carbons (Fsp3) is 0.160. The van der Waals surface area contributed by atoms with Crippen molar-refractivity contribution < 1.29 is 19.2 Å². The number of rotatable bonds is 8. The van der Waals surface area contributed by atoms with E-state index < -0.39 is 10.9 Å². The van der Waals surface area contributed by atoms with Crippen LogP contribution in [-0.4, -0.2) is 17.5 Å². The fourth-order valence-corrected chi connectivity index (χ4v) is 2.77. The smallest absolute Gasteiger partial charge is 0.339 e. The number of hydrogen-bond acceptors (Lipinski definition) is 5. The molecule has 0 saturated heterocycles. The Bertz CT molecular complexity index is 1090. The quantitative estimate of drug-likeness (QED) is 0.172. The van der Waals surface area contributed by atoms with Crippen LogP contribution >= 0.6 is 0 Å². The second-order valence-corrected chi connectivity index (χ2v) is 6.64. The van der Waals surface area contributed by atoms with E-state index in [9.17, 15) is 14.9 Å². The van der Waals surface area contributed by atoms with Gasteiger partial charge in [0.15, 0.2) is 0 Å². The van der Waals surface area contributed by atoms with Crippen molar-refractivity contribution >= 4 is 11.7 Å². The van der Waals surface area contributed by atoms with Crippen molar-refractivity contribution in [2.45, 2.75) is 19.6 Å². The first kappa shape index (κ1) is 21.8. The average Bonchev–Trinajstić information content (AvgIpc) is 2.81. The van der Waals surface area contributed by atoms with Gasteiger partial charge in [-0.05, 0) is 17.2 Å². The van der Waals surface area contributed by atoms with E-state index in [1.165, 1.54) is 18.2 Å². The molecule has 0 unspecified atom stereocenters. The average molecular weight is 415 g/mol. The largest absolute Gasteiger partial charge is 0.457 e. The van der Waals surface area contributed by atoms with Crippen molar-refractivity contribution in [1.29, 1.82) is 0 Å². The van der Waals surface area contributed by atoms with Crippen LogP contribution in [0.1, 0.15) is 33.5 Å². The van der Waals surface area contributed by atoms with Crippen LogP contribution in [0.15, 0.2) is 78.9 Å². The first-order valence-corrected chi connectivity index (χ1v) is 9.73. The van der Waals surface area contributed by atoms with Crippen LogP contribution in [0.25, 0.3) is 0 Å². The molecule has 0 heterocycles. The Morgan fingerprint density at radius 2 is 1.55 bits per heavy atom. The summed E-state index contributed by atoms with van der Waals surface area (Å²) in [4.78, 5) is 23.1. The first-order valence-electron chi connectivity index (χ1n) is 9.73. The molecule has 0 atom stereocenters. The van der Waals surface area contributed by atoms with E-state index >= 15 is 0 Å². The lowest BCUT2D eigenvalue weighted by atomic mass is 10.1. The Morgan fingerprint density at radius 1 is 0.903 bits per heavy atom. The highest BCUT2D eigenvalue weighted by Crippen LogP contribution is 2.19. The minimum absolute atomic E-state index is 0.108. The number of hydrogen-bond donors (Lipinski definition) is 0. The third-order valence-electron chi connectivity index (χ3n) is 4.35. The number of benzene rings is 3. The molecule has 31 heavy (non-hydrogen) atoms. The summed E-state index contributed by atoms with van der Waals surface area (Å²) in [6.07, 6.45) is 0.425. The maximum Gasteiger partial charge on any atom is 0.339 e. The van der Waals surface area contributed by atoms with E-state index in [0.717, 1.165) is 11.1 Å². The predicted molar refractivity (Wildman–Crippen MR) is 116 cm³/mol. The summed E-state index contributed by atoms with van der Waals surface area (Å²) >= 11 is 0. The zero-order chi connectivity index (χ0) is 21.9. The van der Waals surface area contributed by atoms with Crippen LogP contribution in [-0.2, 0) is 22.7 Å². The van der Waals surface area contributed by atoms with Gasteiger partial charge in [0.2, 0.25) is 0 Å². The number of nitrogens with zero attached hydrogens (tertiary/aromatic N) is 1. The molecule has 3 rings (SSSR count). The highest BCUT2D eigenvalue weighted by molar-refractivity contribution is 5.92. The van der Waals surface area contributed by atoms with Crippen LogP contribution in [0.2, 0.25) is 0 Å². The molecular weight excluding hydrogens is 394 g/mol. The summed E-state index contributed by atoms with van der Waals surface area (Å²) < 4.78 is 10.9. The number of nitro groups is 1. The first-order chi connectivity index (χ1) is 15.1. The van der Waals surface area contributed by atoms with Gasteiger partial charge < -0.3 is 9.47 Å². The zero-order valence-electron chi connectivity index (χ0n) is 16.8. The van der Waals surface area contributed by atoms with E-state index in [2.05, 4.69) is 11.8 Å². The minimum atomic E-state index is -0.580. The molecule has 3 aromatic carbocycles. The molecule has 0 aliphatic heterocycles. The lowest BCUT2D eigenvalue weighted by Gasteiger charge is -2.07. The molecule has 0 aliphatic rings. The maximum absolute atomic E-state index is 12.5. The Kier molecular flexibility index (Phi) is 7.92. The molecule has 156 valence electrons. The Morgan fingerprint density at radius 3 is 2.19 bits per heavy atom. The lowest BCUT2D eigenvalue weighted by molar-refractivity contribution is -0.384. The number of carbonyl (C=O) groups excluding carboxylic acids is 1. The van der Waals surface area contributed by atoms with Gasteiger partial charge in [0.05, 0.1) is 23.7 Å². The van der Waals surface area contributed by atoms with E-state index in [-0.39, 0.29) is 23.4 Å². The molecule has 0 bridgehead atoms. The van der Waals surface area contributed by atoms with Gasteiger partial charge in [0.1, 0.15) is 6.61 Å². The fourth-order valence-electron chi connectivity index (χ4n) is 2.77. The Hall–Kier alpha value is -3.95. The summed E-state index contributed by atoms with van der Waals surface area (Å²) in [5, 5.41) is 11.1. The van der Waals surface area contributed by atoms with Crippen molar-refractivity contribution in [1.82, 2.24) is 0 Å². The van der Waals surface area contributed by atoms with Gasteiger partial charge in [-0.3, -0.25) is 10.1 Å². The number of carbonyl (C=O) groups is 1. The minimum Gasteiger partial charge on any atom is -0.457 e. The summed E-state index contributed by atoms with van der Waals surface area (Å²) in [6, 6.07) is 23.0. The third kappa shape index (κ3) is 6.81. The van der Waals surface area contributed by atoms with E-state index in [0.29, 0.717) is 19.6 Å². The predicted octanol–water partition coefficient (Wildman–Crippen LogP) is 4.91. The number of ether oxygens (including phenoxy) is 2. The van der Waals surface area contributed by atoms with Gasteiger partial charge in [-0.2, -0.15) is 0 Å². The lowest BCUT2D eigenvalue weighted by Crippen LogP contribution is -2.08. The highest BCUT2D eigenvalue weighted by atomic mass is 16.6. The molecule has 3 aromatic rings. The number of nitro benzene ring substituents is 1. The molecule has 0 aliphatic carbocycles. The normalized spacial score (nSPS) is 10.1. The van der Waals surface area contributed by atoms with Gasteiger partial charge in [-0.15, -0.1) is 0 Å². The SMILES string of the molecule is O=C(OCc1ccccc1)c1ccc([N+](=O)[O-])cc1C#CCCOCc1ccccc1. The van der Waals surface area contributed by atoms with Gasteiger partial charge >= 0.3 is 5.97 Å². The molecule has 0 aromatic heterocycles. The van der Waals surface area contributed by atoms with Gasteiger partial charge in [0.25, 0.3) is 5.69 Å². The molecule has 0 amide bonds. The Balaban J connectivity index is 1.63. The second-order valence-electron chi connectivity index (χ2n) is 6.64. The van der Waals surface area contributed by atoms with Crippen LogP contribution in [0.5, 0.6) is 0 Å². The maximum atomic E-state index is 12.5. The number of esters is 1. The molecule has 0 saturated carbocycles. The van der Waals surface area contributed by atoms with Crippen molar-refractivity contribution in [3.63, 3.8) is 0 Å². The summed E-state index contributed by atoms with van der Waals surface area (Å²) in [5.41, 5.74) is 2.23. The summed E-state index contributed by atoms with van der Waals surface area (Å²) in [5.74, 6) is 5.19. The third-order valence-corrected chi connectivity index (χ3v) is 4.35. The zero-order valence-corrected chi connectivity index (χ0v) is 16.8. The molecule has 0 radical (unpaired) electrons. The summed E-state index contributed by atoms with van der Waals surface area (Å²) in [7, 11) is 0. The monoisotopic (exact) mass is 415 g/mol. The summed E-state index contributed by atoms with van der Waals surface area (Å²) in [6.45, 7) is 0.998. The topological polar surface area (TPSA) is 78.7 Å². The van der Waals surface area contributed by atoms with Crippen molar-refractivity contribution in [2.75, 3.05) is 6.61 Å². The molecular formula is C25H21NO5. The van der Waals surface area contributed by atoms with Crippen molar-refractivity contribution in [3.05, 3.63) is 111 Å². The molecule has 6 heteroatoms. The van der Waals surface area contributed by atoms with Gasteiger partial charge in [0, 0.05) is 24.1 Å². The Labute approximate surface area is 180 Å². The van der Waals surface area contributed by atoms with Crippen molar-refractivity contribution in [2.24, 2.45) is 0 Å². The highest BCUT2D eigenvalue weighted by Gasteiger charge is 2.16.